The molecule has 2 nitrogen and oxygen atoms in total. The van der Waals surface area contributed by atoms with Gasteiger partial charge in [0.05, 0.1) is 0 Å². The van der Waals surface area contributed by atoms with Crippen LogP contribution >= 0.6 is 0 Å². The Bertz CT molecular complexity index is 203. The van der Waals surface area contributed by atoms with Gasteiger partial charge in [0.2, 0.25) is 0 Å². The molecule has 0 aromatic heterocycles. The lowest BCUT2D eigenvalue weighted by atomic mass is 9.79. The van der Waals surface area contributed by atoms with Crippen molar-refractivity contribution in [2.45, 2.75) is 77.9 Å². The van der Waals surface area contributed by atoms with Crippen LogP contribution in [0.3, 0.4) is 0 Å². The van der Waals surface area contributed by atoms with Crippen molar-refractivity contribution in [3.05, 3.63) is 0 Å². The molecular weight excluding hydrogens is 208 g/mol. The topological polar surface area (TPSA) is 15.3 Å². The molecule has 0 amide bonds. The van der Waals surface area contributed by atoms with Crippen LogP contribution in [0.4, 0.5) is 0 Å². The summed E-state index contributed by atoms with van der Waals surface area (Å²) in [5.74, 6) is 0.959. The van der Waals surface area contributed by atoms with Crippen molar-refractivity contribution in [2.75, 3.05) is 13.6 Å². The Labute approximate surface area is 108 Å². The van der Waals surface area contributed by atoms with E-state index in [0.29, 0.717) is 12.1 Å². The summed E-state index contributed by atoms with van der Waals surface area (Å²) in [7, 11) is 2.30. The molecule has 1 N–H and O–H groups in total. The van der Waals surface area contributed by atoms with Crippen molar-refractivity contribution in [2.24, 2.45) is 5.92 Å². The first-order chi connectivity index (χ1) is 8.10. The van der Waals surface area contributed by atoms with Gasteiger partial charge in [0.15, 0.2) is 0 Å². The predicted octanol–water partition coefficient (Wildman–Crippen LogP) is 3.27. The Morgan fingerprint density at radius 2 is 1.94 bits per heavy atom. The van der Waals surface area contributed by atoms with Crippen LogP contribution in [0.2, 0.25) is 0 Å². The van der Waals surface area contributed by atoms with E-state index in [0.717, 1.165) is 18.5 Å². The number of likely N-dealkylation sites (N-methyl/N-ethyl adjacent to an activating group) is 2. The molecule has 17 heavy (non-hydrogen) atoms. The largest absolute Gasteiger partial charge is 0.313 e. The Kier molecular flexibility index (Phi) is 6.50. The Balaban J connectivity index is 2.61. The first-order valence-electron chi connectivity index (χ1n) is 7.55. The molecule has 102 valence electrons. The SMILES string of the molecule is CCCC1CCC(NCC)C(N(C)C(C)C)C1. The molecule has 0 aromatic rings. The van der Waals surface area contributed by atoms with E-state index in [-0.39, 0.29) is 0 Å². The Hall–Kier alpha value is -0.0800. The summed E-state index contributed by atoms with van der Waals surface area (Å²) in [5, 5.41) is 3.69. The van der Waals surface area contributed by atoms with Crippen molar-refractivity contribution in [1.29, 1.82) is 0 Å². The highest BCUT2D eigenvalue weighted by atomic mass is 15.2. The number of hydrogen-bond donors (Lipinski definition) is 1. The average molecular weight is 240 g/mol. The van der Waals surface area contributed by atoms with Gasteiger partial charge in [-0.25, -0.2) is 0 Å². The van der Waals surface area contributed by atoms with Crippen LogP contribution in [-0.2, 0) is 0 Å². The van der Waals surface area contributed by atoms with Crippen LogP contribution in [0.15, 0.2) is 0 Å². The van der Waals surface area contributed by atoms with Crippen molar-refractivity contribution in [3.63, 3.8) is 0 Å². The van der Waals surface area contributed by atoms with E-state index in [1.807, 2.05) is 0 Å². The number of rotatable bonds is 6. The van der Waals surface area contributed by atoms with Gasteiger partial charge in [-0.15, -0.1) is 0 Å². The minimum absolute atomic E-state index is 0.654. The molecule has 3 unspecified atom stereocenters. The minimum atomic E-state index is 0.654. The molecule has 1 rings (SSSR count). The van der Waals surface area contributed by atoms with Crippen LogP contribution < -0.4 is 5.32 Å². The minimum Gasteiger partial charge on any atom is -0.313 e. The molecule has 0 bridgehead atoms. The lowest BCUT2D eigenvalue weighted by Crippen LogP contribution is -2.53. The van der Waals surface area contributed by atoms with Gasteiger partial charge >= 0.3 is 0 Å². The standard InChI is InChI=1S/C15H32N2/c1-6-8-13-9-10-14(16-7-2)15(11-13)17(5)12(3)4/h12-16H,6-11H2,1-5H3. The highest BCUT2D eigenvalue weighted by molar-refractivity contribution is 4.90. The number of hydrogen-bond acceptors (Lipinski definition) is 2. The summed E-state index contributed by atoms with van der Waals surface area (Å²) in [6, 6.07) is 2.10. The van der Waals surface area contributed by atoms with E-state index in [1.165, 1.54) is 32.1 Å². The second kappa shape index (κ2) is 7.38. The third-order valence-electron chi connectivity index (χ3n) is 4.43. The molecule has 0 radical (unpaired) electrons. The van der Waals surface area contributed by atoms with Gasteiger partial charge in [-0.1, -0.05) is 26.7 Å². The van der Waals surface area contributed by atoms with Crippen LogP contribution in [0.25, 0.3) is 0 Å². The van der Waals surface area contributed by atoms with E-state index in [4.69, 9.17) is 0 Å². The highest BCUT2D eigenvalue weighted by Gasteiger charge is 2.32. The molecule has 0 aliphatic heterocycles. The third-order valence-corrected chi connectivity index (χ3v) is 4.43. The third kappa shape index (κ3) is 4.26. The number of nitrogens with zero attached hydrogens (tertiary/aromatic N) is 1. The second-order valence-corrected chi connectivity index (χ2v) is 5.96. The van der Waals surface area contributed by atoms with Gasteiger partial charge in [-0.2, -0.15) is 0 Å². The lowest BCUT2D eigenvalue weighted by molar-refractivity contribution is 0.0934. The van der Waals surface area contributed by atoms with E-state index < -0.39 is 0 Å². The Morgan fingerprint density at radius 3 is 2.47 bits per heavy atom. The highest BCUT2D eigenvalue weighted by Crippen LogP contribution is 2.31. The summed E-state index contributed by atoms with van der Waals surface area (Å²) in [6.45, 7) is 10.3. The summed E-state index contributed by atoms with van der Waals surface area (Å²) < 4.78 is 0. The molecule has 0 saturated heterocycles. The zero-order valence-electron chi connectivity index (χ0n) is 12.5. The van der Waals surface area contributed by atoms with Gasteiger partial charge in [0.1, 0.15) is 0 Å². The van der Waals surface area contributed by atoms with Gasteiger partial charge < -0.3 is 5.32 Å². The zero-order chi connectivity index (χ0) is 12.8. The molecule has 1 aliphatic rings. The van der Waals surface area contributed by atoms with Gasteiger partial charge in [0.25, 0.3) is 0 Å². The summed E-state index contributed by atoms with van der Waals surface area (Å²) in [4.78, 5) is 2.58. The van der Waals surface area contributed by atoms with Crippen molar-refractivity contribution in [3.8, 4) is 0 Å². The molecule has 1 saturated carbocycles. The van der Waals surface area contributed by atoms with E-state index in [1.54, 1.807) is 0 Å². The maximum Gasteiger partial charge on any atom is 0.0251 e. The monoisotopic (exact) mass is 240 g/mol. The molecule has 1 fully saturated rings. The maximum atomic E-state index is 3.69. The molecule has 0 heterocycles. The van der Waals surface area contributed by atoms with E-state index in [9.17, 15) is 0 Å². The first-order valence-corrected chi connectivity index (χ1v) is 7.55. The van der Waals surface area contributed by atoms with Crippen LogP contribution in [0, 0.1) is 5.92 Å². The molecule has 0 aromatic carbocycles. The molecular formula is C15H32N2. The zero-order valence-corrected chi connectivity index (χ0v) is 12.5. The summed E-state index contributed by atoms with van der Waals surface area (Å²) >= 11 is 0. The van der Waals surface area contributed by atoms with Crippen molar-refractivity contribution in [1.82, 2.24) is 10.2 Å². The van der Waals surface area contributed by atoms with Crippen LogP contribution in [-0.4, -0.2) is 36.6 Å². The molecule has 1 aliphatic carbocycles. The fourth-order valence-electron chi connectivity index (χ4n) is 3.24. The van der Waals surface area contributed by atoms with Crippen LogP contribution in [0.5, 0.6) is 0 Å². The molecule has 0 spiro atoms. The maximum absolute atomic E-state index is 3.69. The molecule has 3 atom stereocenters. The average Bonchev–Trinajstić information content (AvgIpc) is 2.30. The van der Waals surface area contributed by atoms with E-state index >= 15 is 0 Å². The van der Waals surface area contributed by atoms with Gasteiger partial charge in [-0.3, -0.25) is 4.90 Å². The molecule has 2 heteroatoms. The first kappa shape index (κ1) is 15.0. The van der Waals surface area contributed by atoms with Gasteiger partial charge in [-0.05, 0) is 52.6 Å². The summed E-state index contributed by atoms with van der Waals surface area (Å²) in [5.41, 5.74) is 0. The quantitative estimate of drug-likeness (QED) is 0.766. The van der Waals surface area contributed by atoms with E-state index in [2.05, 4.69) is 45.0 Å². The summed E-state index contributed by atoms with van der Waals surface area (Å²) in [6.07, 6.45) is 6.93. The van der Waals surface area contributed by atoms with Gasteiger partial charge in [0, 0.05) is 18.1 Å². The fourth-order valence-corrected chi connectivity index (χ4v) is 3.24. The predicted molar refractivity (Wildman–Crippen MR) is 76.4 cm³/mol. The smallest absolute Gasteiger partial charge is 0.0251 e. The fraction of sp³-hybridized carbons (Fsp3) is 1.00. The lowest BCUT2D eigenvalue weighted by Gasteiger charge is -2.43. The van der Waals surface area contributed by atoms with Crippen LogP contribution in [0.1, 0.15) is 59.8 Å². The Morgan fingerprint density at radius 1 is 1.24 bits per heavy atom. The van der Waals surface area contributed by atoms with Crippen molar-refractivity contribution >= 4 is 0 Å². The normalized spacial score (nSPS) is 30.2. The second-order valence-electron chi connectivity index (χ2n) is 5.96. The number of nitrogens with one attached hydrogen (secondary N) is 1. The van der Waals surface area contributed by atoms with Crippen molar-refractivity contribution < 1.29 is 0 Å².